The standard InChI is InChI=1S/C14H9N5O4S/c20-18(21)9-5-6-10(12(7-9)19(22)23)17-15-8-14-16-11-3-1-2-4-13(11)24-14/h1-8,17H/b15-8-. The van der Waals surface area contributed by atoms with E-state index in [1.54, 1.807) is 0 Å². The van der Waals surface area contributed by atoms with Crippen LogP contribution in [0.15, 0.2) is 47.6 Å². The molecule has 0 spiro atoms. The van der Waals surface area contributed by atoms with Crippen LogP contribution in [0.2, 0.25) is 0 Å². The van der Waals surface area contributed by atoms with Crippen LogP contribution in [0.25, 0.3) is 10.2 Å². The predicted molar refractivity (Wildman–Crippen MR) is 90.6 cm³/mol. The number of nitrogens with zero attached hydrogens (tertiary/aromatic N) is 4. The fraction of sp³-hybridized carbons (Fsp3) is 0. The smallest absolute Gasteiger partial charge is 0.272 e. The maximum absolute atomic E-state index is 11.0. The van der Waals surface area contributed by atoms with Gasteiger partial charge in [-0.2, -0.15) is 5.10 Å². The minimum Gasteiger partial charge on any atom is -0.272 e. The second-order valence-corrected chi connectivity index (χ2v) is 5.67. The molecule has 0 aliphatic rings. The van der Waals surface area contributed by atoms with Crippen molar-refractivity contribution in [1.29, 1.82) is 0 Å². The van der Waals surface area contributed by atoms with E-state index >= 15 is 0 Å². The molecule has 0 amide bonds. The van der Waals surface area contributed by atoms with Gasteiger partial charge in [-0.3, -0.25) is 25.7 Å². The van der Waals surface area contributed by atoms with Crippen LogP contribution in [0.5, 0.6) is 0 Å². The summed E-state index contributed by atoms with van der Waals surface area (Å²) in [6.07, 6.45) is 1.44. The summed E-state index contributed by atoms with van der Waals surface area (Å²) >= 11 is 1.43. The number of hydrogen-bond acceptors (Lipinski definition) is 8. The zero-order chi connectivity index (χ0) is 17.1. The summed E-state index contributed by atoms with van der Waals surface area (Å²) in [4.78, 5) is 24.7. The van der Waals surface area contributed by atoms with Crippen LogP contribution in [-0.4, -0.2) is 21.0 Å². The normalized spacial score (nSPS) is 11.0. The molecule has 3 rings (SSSR count). The fourth-order valence-electron chi connectivity index (χ4n) is 1.98. The summed E-state index contributed by atoms with van der Waals surface area (Å²) in [5.74, 6) is 0. The molecule has 9 nitrogen and oxygen atoms in total. The molecule has 0 aliphatic heterocycles. The van der Waals surface area contributed by atoms with Crippen molar-refractivity contribution in [3.8, 4) is 0 Å². The molecule has 0 radical (unpaired) electrons. The molecule has 3 aromatic rings. The van der Waals surface area contributed by atoms with E-state index in [1.807, 2.05) is 24.3 Å². The van der Waals surface area contributed by atoms with Crippen molar-refractivity contribution in [2.24, 2.45) is 5.10 Å². The highest BCUT2D eigenvalue weighted by Crippen LogP contribution is 2.29. The van der Waals surface area contributed by atoms with Gasteiger partial charge in [0.1, 0.15) is 10.7 Å². The van der Waals surface area contributed by atoms with Crippen LogP contribution < -0.4 is 5.43 Å². The minimum atomic E-state index is -0.706. The lowest BCUT2D eigenvalue weighted by Crippen LogP contribution is -1.98. The molecule has 0 atom stereocenters. The monoisotopic (exact) mass is 343 g/mol. The summed E-state index contributed by atoms with van der Waals surface area (Å²) < 4.78 is 1.00. The third-order valence-electron chi connectivity index (χ3n) is 3.06. The van der Waals surface area contributed by atoms with Crippen LogP contribution in [0.3, 0.4) is 0 Å². The first kappa shape index (κ1) is 15.5. The van der Waals surface area contributed by atoms with Gasteiger partial charge in [-0.05, 0) is 18.2 Å². The highest BCUT2D eigenvalue weighted by molar-refractivity contribution is 7.20. The average molecular weight is 343 g/mol. The highest BCUT2D eigenvalue weighted by atomic mass is 32.1. The third-order valence-corrected chi connectivity index (χ3v) is 4.03. The number of nitrogens with one attached hydrogen (secondary N) is 1. The quantitative estimate of drug-likeness (QED) is 0.429. The van der Waals surface area contributed by atoms with Crippen LogP contribution in [0.1, 0.15) is 5.01 Å². The number of non-ortho nitro benzene ring substituents is 1. The van der Waals surface area contributed by atoms with Crippen molar-refractivity contribution in [3.63, 3.8) is 0 Å². The van der Waals surface area contributed by atoms with E-state index < -0.39 is 15.5 Å². The van der Waals surface area contributed by atoms with Gasteiger partial charge in [-0.1, -0.05) is 12.1 Å². The molecule has 1 heterocycles. The molecular weight excluding hydrogens is 334 g/mol. The Morgan fingerprint density at radius 3 is 2.62 bits per heavy atom. The summed E-state index contributed by atoms with van der Waals surface area (Å²) in [5.41, 5.74) is 2.64. The highest BCUT2D eigenvalue weighted by Gasteiger charge is 2.19. The molecule has 120 valence electrons. The van der Waals surface area contributed by atoms with Gasteiger partial charge in [-0.25, -0.2) is 4.98 Å². The Morgan fingerprint density at radius 1 is 1.12 bits per heavy atom. The van der Waals surface area contributed by atoms with Crippen molar-refractivity contribution < 1.29 is 9.85 Å². The van der Waals surface area contributed by atoms with Crippen molar-refractivity contribution in [2.75, 3.05) is 5.43 Å². The largest absolute Gasteiger partial charge is 0.301 e. The van der Waals surface area contributed by atoms with E-state index in [2.05, 4.69) is 15.5 Å². The number of hydrogen-bond donors (Lipinski definition) is 1. The summed E-state index contributed by atoms with van der Waals surface area (Å²) in [5, 5.41) is 26.3. The Hall–Kier alpha value is -3.40. The molecule has 1 aromatic heterocycles. The fourth-order valence-corrected chi connectivity index (χ4v) is 2.82. The second kappa shape index (κ2) is 6.38. The molecule has 0 saturated carbocycles. The van der Waals surface area contributed by atoms with Crippen LogP contribution in [-0.2, 0) is 0 Å². The molecule has 24 heavy (non-hydrogen) atoms. The minimum absolute atomic E-state index is 0.0583. The Kier molecular flexibility index (Phi) is 4.12. The Morgan fingerprint density at radius 2 is 1.92 bits per heavy atom. The number of fused-ring (bicyclic) bond motifs is 1. The van der Waals surface area contributed by atoms with Gasteiger partial charge >= 0.3 is 5.69 Å². The summed E-state index contributed by atoms with van der Waals surface area (Å²) in [6, 6.07) is 10.9. The molecule has 0 unspecified atom stereocenters. The molecule has 0 fully saturated rings. The van der Waals surface area contributed by atoms with E-state index in [-0.39, 0.29) is 11.4 Å². The van der Waals surface area contributed by atoms with Crippen molar-refractivity contribution in [3.05, 3.63) is 67.7 Å². The van der Waals surface area contributed by atoms with Crippen molar-refractivity contribution >= 4 is 44.8 Å². The van der Waals surface area contributed by atoms with E-state index in [0.717, 1.165) is 16.3 Å². The van der Waals surface area contributed by atoms with Gasteiger partial charge in [-0.15, -0.1) is 11.3 Å². The third kappa shape index (κ3) is 3.17. The molecule has 0 saturated heterocycles. The van der Waals surface area contributed by atoms with Crippen LogP contribution in [0, 0.1) is 20.2 Å². The number of hydrazone groups is 1. The second-order valence-electron chi connectivity index (χ2n) is 4.61. The van der Waals surface area contributed by atoms with Gasteiger partial charge in [0.25, 0.3) is 5.69 Å². The zero-order valence-corrected chi connectivity index (χ0v) is 12.8. The van der Waals surface area contributed by atoms with E-state index in [4.69, 9.17) is 0 Å². The average Bonchev–Trinajstić information content (AvgIpc) is 2.97. The van der Waals surface area contributed by atoms with Gasteiger partial charge in [0, 0.05) is 6.07 Å². The zero-order valence-electron chi connectivity index (χ0n) is 11.9. The lowest BCUT2D eigenvalue weighted by Gasteiger charge is -2.01. The molecule has 0 aliphatic carbocycles. The number of thiazole rings is 1. The van der Waals surface area contributed by atoms with Gasteiger partial charge < -0.3 is 0 Å². The molecule has 2 aromatic carbocycles. The number of benzene rings is 2. The first-order valence-corrected chi connectivity index (χ1v) is 7.44. The van der Waals surface area contributed by atoms with E-state index in [1.165, 1.54) is 29.7 Å². The number of anilines is 1. The number of aromatic nitrogens is 1. The maximum atomic E-state index is 11.0. The summed E-state index contributed by atoms with van der Waals surface area (Å²) in [7, 11) is 0. The molecule has 10 heteroatoms. The maximum Gasteiger partial charge on any atom is 0.301 e. The van der Waals surface area contributed by atoms with Gasteiger partial charge in [0.2, 0.25) is 0 Å². The Balaban J connectivity index is 1.82. The molecule has 1 N–H and O–H groups in total. The van der Waals surface area contributed by atoms with Gasteiger partial charge in [0.05, 0.1) is 32.3 Å². The number of para-hydroxylation sites is 1. The van der Waals surface area contributed by atoms with Crippen molar-refractivity contribution in [1.82, 2.24) is 4.98 Å². The van der Waals surface area contributed by atoms with E-state index in [0.29, 0.717) is 5.01 Å². The lowest BCUT2D eigenvalue weighted by molar-refractivity contribution is -0.393. The van der Waals surface area contributed by atoms with Crippen molar-refractivity contribution in [2.45, 2.75) is 0 Å². The number of nitro groups is 2. The topological polar surface area (TPSA) is 124 Å². The van der Waals surface area contributed by atoms with Crippen LogP contribution >= 0.6 is 11.3 Å². The number of rotatable bonds is 5. The number of nitro benzene ring substituents is 2. The Bertz CT molecular complexity index is 936. The van der Waals surface area contributed by atoms with Gasteiger partial charge in [0.15, 0.2) is 0 Å². The first-order chi connectivity index (χ1) is 11.5. The predicted octanol–water partition coefficient (Wildman–Crippen LogP) is 3.56. The van der Waals surface area contributed by atoms with E-state index in [9.17, 15) is 20.2 Å². The first-order valence-electron chi connectivity index (χ1n) is 6.62. The molecule has 0 bridgehead atoms. The SMILES string of the molecule is O=[N+]([O-])c1ccc(N/N=C\c2nc3ccccc3s2)c([N+](=O)[O-])c1. The Labute approximate surface area is 138 Å². The molecular formula is C14H9N5O4S. The summed E-state index contributed by atoms with van der Waals surface area (Å²) in [6.45, 7) is 0. The van der Waals surface area contributed by atoms with Crippen LogP contribution in [0.4, 0.5) is 17.1 Å². The lowest BCUT2D eigenvalue weighted by atomic mass is 10.2.